The summed E-state index contributed by atoms with van der Waals surface area (Å²) in [6.45, 7) is 6.93. The number of nitrogens with zero attached hydrogens (tertiary/aromatic N) is 2. The van der Waals surface area contributed by atoms with Gasteiger partial charge in [0.2, 0.25) is 10.0 Å². The van der Waals surface area contributed by atoms with E-state index in [1.807, 2.05) is 32.0 Å². The van der Waals surface area contributed by atoms with Crippen molar-refractivity contribution in [2.75, 3.05) is 56.2 Å². The number of aryl methyl sites for hydroxylation is 2. The molecule has 0 unspecified atom stereocenters. The summed E-state index contributed by atoms with van der Waals surface area (Å²) < 4.78 is 38.7. The van der Waals surface area contributed by atoms with Crippen LogP contribution in [0.3, 0.4) is 0 Å². The molecule has 2 aliphatic heterocycles. The number of sulfonamides is 1. The average molecular weight is 474 g/mol. The summed E-state index contributed by atoms with van der Waals surface area (Å²) in [7, 11) is -3.67. The maximum absolute atomic E-state index is 13.2. The van der Waals surface area contributed by atoms with E-state index in [2.05, 4.69) is 10.2 Å². The average Bonchev–Trinajstić information content (AvgIpc) is 3.32. The molecule has 4 rings (SSSR count). The van der Waals surface area contributed by atoms with Crippen molar-refractivity contribution < 1.29 is 22.7 Å². The zero-order valence-corrected chi connectivity index (χ0v) is 20.0. The van der Waals surface area contributed by atoms with Crippen LogP contribution in [0.5, 0.6) is 5.75 Å². The summed E-state index contributed by atoms with van der Waals surface area (Å²) >= 11 is 0. The normalized spacial score (nSPS) is 17.2. The maximum atomic E-state index is 13.2. The number of amides is 1. The molecule has 0 atom stereocenters. The number of morpholine rings is 1. The maximum Gasteiger partial charge on any atom is 0.262 e. The van der Waals surface area contributed by atoms with E-state index in [9.17, 15) is 13.2 Å². The lowest BCUT2D eigenvalue weighted by molar-refractivity contribution is -0.118. The predicted molar refractivity (Wildman–Crippen MR) is 128 cm³/mol. The molecule has 0 aromatic heterocycles. The first-order valence-electron chi connectivity index (χ1n) is 11.3. The van der Waals surface area contributed by atoms with Gasteiger partial charge in [-0.2, -0.15) is 4.31 Å². The van der Waals surface area contributed by atoms with Crippen LogP contribution in [0.15, 0.2) is 41.3 Å². The van der Waals surface area contributed by atoms with Crippen molar-refractivity contribution in [1.29, 1.82) is 0 Å². The van der Waals surface area contributed by atoms with E-state index in [0.29, 0.717) is 37.7 Å². The number of carbonyl (C=O) groups is 1. The van der Waals surface area contributed by atoms with Crippen LogP contribution < -0.4 is 15.0 Å². The number of hydrogen-bond donors (Lipinski definition) is 1. The Bertz CT molecular complexity index is 1090. The zero-order chi connectivity index (χ0) is 23.4. The van der Waals surface area contributed by atoms with Crippen LogP contribution in [0, 0.1) is 13.8 Å². The van der Waals surface area contributed by atoms with Crippen LogP contribution in [0.4, 0.5) is 11.4 Å². The van der Waals surface area contributed by atoms with Crippen molar-refractivity contribution in [1.82, 2.24) is 4.31 Å². The highest BCUT2D eigenvalue weighted by Crippen LogP contribution is 2.32. The van der Waals surface area contributed by atoms with E-state index in [1.165, 1.54) is 4.31 Å². The molecule has 9 heteroatoms. The summed E-state index contributed by atoms with van der Waals surface area (Å²) in [5.74, 6) is 0.293. The van der Waals surface area contributed by atoms with Crippen LogP contribution in [0.2, 0.25) is 0 Å². The van der Waals surface area contributed by atoms with E-state index in [4.69, 9.17) is 9.47 Å². The van der Waals surface area contributed by atoms with Crippen LogP contribution >= 0.6 is 0 Å². The minimum atomic E-state index is -3.67. The molecule has 178 valence electrons. The van der Waals surface area contributed by atoms with E-state index >= 15 is 0 Å². The summed E-state index contributed by atoms with van der Waals surface area (Å²) in [6.07, 6.45) is 2.13. The number of hydrogen-bond acceptors (Lipinski definition) is 6. The van der Waals surface area contributed by atoms with Crippen LogP contribution in [-0.4, -0.2) is 64.6 Å². The van der Waals surface area contributed by atoms with E-state index in [-0.39, 0.29) is 17.4 Å². The Hall–Kier alpha value is -2.62. The molecule has 2 aromatic carbocycles. The Morgan fingerprint density at radius 2 is 1.67 bits per heavy atom. The lowest BCUT2D eigenvalue weighted by atomic mass is 10.1. The van der Waals surface area contributed by atoms with Gasteiger partial charge in [-0.05, 0) is 68.1 Å². The van der Waals surface area contributed by atoms with Crippen molar-refractivity contribution in [3.8, 4) is 5.75 Å². The Balaban J connectivity index is 1.55. The van der Waals surface area contributed by atoms with E-state index in [1.54, 1.807) is 18.2 Å². The standard InChI is InChI=1S/C24H31N3O5S/c1-18-13-19(2)15-20(14-18)32-17-24(28)25-22-16-21(5-6-23(22)26-7-3-4-8-26)33(29,30)27-9-11-31-12-10-27/h5-6,13-16H,3-4,7-12,17H2,1-2H3,(H,25,28). The molecule has 1 amide bonds. The summed E-state index contributed by atoms with van der Waals surface area (Å²) in [4.78, 5) is 15.1. The quantitative estimate of drug-likeness (QED) is 0.665. The number of benzene rings is 2. The van der Waals surface area contributed by atoms with Gasteiger partial charge in [-0.15, -0.1) is 0 Å². The monoisotopic (exact) mass is 473 g/mol. The van der Waals surface area contributed by atoms with Crippen molar-refractivity contribution in [2.24, 2.45) is 0 Å². The van der Waals surface area contributed by atoms with Gasteiger partial charge in [0, 0.05) is 26.2 Å². The van der Waals surface area contributed by atoms with Crippen molar-refractivity contribution in [3.63, 3.8) is 0 Å². The number of carbonyl (C=O) groups excluding carboxylic acids is 1. The van der Waals surface area contributed by atoms with Gasteiger partial charge in [-0.3, -0.25) is 4.79 Å². The smallest absolute Gasteiger partial charge is 0.262 e. The Labute approximate surface area is 195 Å². The van der Waals surface area contributed by atoms with Crippen LogP contribution in [-0.2, 0) is 19.6 Å². The third-order valence-corrected chi connectivity index (χ3v) is 7.76. The van der Waals surface area contributed by atoms with Gasteiger partial charge in [-0.25, -0.2) is 8.42 Å². The molecule has 1 N–H and O–H groups in total. The first kappa shape index (κ1) is 23.5. The fraction of sp³-hybridized carbons (Fsp3) is 0.458. The molecule has 2 heterocycles. The van der Waals surface area contributed by atoms with Gasteiger partial charge in [0.1, 0.15) is 5.75 Å². The SMILES string of the molecule is Cc1cc(C)cc(OCC(=O)Nc2cc(S(=O)(=O)N3CCOCC3)ccc2N2CCCC2)c1. The Morgan fingerprint density at radius 3 is 2.33 bits per heavy atom. The molecule has 0 saturated carbocycles. The zero-order valence-electron chi connectivity index (χ0n) is 19.2. The van der Waals surface area contributed by atoms with Gasteiger partial charge in [0.05, 0.1) is 29.5 Å². The molecule has 0 spiro atoms. The fourth-order valence-electron chi connectivity index (χ4n) is 4.30. The lowest BCUT2D eigenvalue weighted by Crippen LogP contribution is -2.40. The summed E-state index contributed by atoms with van der Waals surface area (Å²) in [5, 5.41) is 2.89. The van der Waals surface area contributed by atoms with Gasteiger partial charge < -0.3 is 19.7 Å². The first-order valence-corrected chi connectivity index (χ1v) is 12.7. The lowest BCUT2D eigenvalue weighted by Gasteiger charge is -2.27. The Kier molecular flexibility index (Phi) is 7.21. The topological polar surface area (TPSA) is 88.2 Å². The number of ether oxygens (including phenoxy) is 2. The van der Waals surface area contributed by atoms with E-state index < -0.39 is 10.0 Å². The molecule has 2 aliphatic rings. The van der Waals surface area contributed by atoms with Gasteiger partial charge in [0.15, 0.2) is 6.61 Å². The minimum Gasteiger partial charge on any atom is -0.484 e. The van der Waals surface area contributed by atoms with Crippen molar-refractivity contribution >= 4 is 27.3 Å². The second-order valence-corrected chi connectivity index (χ2v) is 10.5. The number of rotatable bonds is 7. The molecule has 0 radical (unpaired) electrons. The third-order valence-electron chi connectivity index (χ3n) is 5.86. The highest BCUT2D eigenvalue weighted by Gasteiger charge is 2.28. The first-order chi connectivity index (χ1) is 15.8. The highest BCUT2D eigenvalue weighted by atomic mass is 32.2. The molecule has 2 saturated heterocycles. The van der Waals surface area contributed by atoms with Gasteiger partial charge in [-0.1, -0.05) is 6.07 Å². The van der Waals surface area contributed by atoms with Crippen LogP contribution in [0.1, 0.15) is 24.0 Å². The summed E-state index contributed by atoms with van der Waals surface area (Å²) in [6, 6.07) is 10.8. The molecule has 0 bridgehead atoms. The molecule has 33 heavy (non-hydrogen) atoms. The third kappa shape index (κ3) is 5.66. The fourth-order valence-corrected chi connectivity index (χ4v) is 5.73. The van der Waals surface area contributed by atoms with E-state index in [0.717, 1.165) is 42.7 Å². The highest BCUT2D eigenvalue weighted by molar-refractivity contribution is 7.89. The number of nitrogens with one attached hydrogen (secondary N) is 1. The molecular formula is C24H31N3O5S. The van der Waals surface area contributed by atoms with Gasteiger partial charge in [0.25, 0.3) is 5.91 Å². The molecule has 2 aromatic rings. The number of anilines is 2. The molecule has 2 fully saturated rings. The van der Waals surface area contributed by atoms with Crippen molar-refractivity contribution in [2.45, 2.75) is 31.6 Å². The second-order valence-electron chi connectivity index (χ2n) is 8.55. The second kappa shape index (κ2) is 10.1. The molecule has 0 aliphatic carbocycles. The van der Waals surface area contributed by atoms with Gasteiger partial charge >= 0.3 is 0 Å². The molecular weight excluding hydrogens is 442 g/mol. The minimum absolute atomic E-state index is 0.164. The van der Waals surface area contributed by atoms with Crippen LogP contribution in [0.25, 0.3) is 0 Å². The van der Waals surface area contributed by atoms with Crippen molar-refractivity contribution in [3.05, 3.63) is 47.5 Å². The molecule has 8 nitrogen and oxygen atoms in total. The largest absolute Gasteiger partial charge is 0.484 e. The Morgan fingerprint density at radius 1 is 1.00 bits per heavy atom. The predicted octanol–water partition coefficient (Wildman–Crippen LogP) is 2.94. The summed E-state index contributed by atoms with van der Waals surface area (Å²) in [5.41, 5.74) is 3.43.